The maximum Gasteiger partial charge on any atom is 0.472 e. The fraction of sp³-hybridized carbons (Fsp3) is 0.949. The summed E-state index contributed by atoms with van der Waals surface area (Å²) >= 11 is 0. The number of ether oxygens (including phenoxy) is 4. The Hall–Kier alpha value is -1.94. The first kappa shape index (κ1) is 95.1. The smallest absolute Gasteiger partial charge is 0.462 e. The third-order valence-electron chi connectivity index (χ3n) is 18.5. The lowest BCUT2D eigenvalue weighted by Gasteiger charge is -2.21. The molecule has 0 aromatic heterocycles. The largest absolute Gasteiger partial charge is 0.472 e. The van der Waals surface area contributed by atoms with Gasteiger partial charge in [-0.3, -0.25) is 37.3 Å². The maximum absolute atomic E-state index is 13.1. The van der Waals surface area contributed by atoms with Gasteiger partial charge in [0.05, 0.1) is 26.4 Å². The number of aliphatic hydroxyl groups excluding tert-OH is 1. The molecule has 0 spiro atoms. The van der Waals surface area contributed by atoms with Crippen molar-refractivity contribution < 1.29 is 80.2 Å². The molecule has 6 atom stereocenters. The van der Waals surface area contributed by atoms with E-state index in [1.165, 1.54) is 205 Å². The van der Waals surface area contributed by atoms with Crippen LogP contribution in [0.25, 0.3) is 0 Å². The minimum Gasteiger partial charge on any atom is -0.462 e. The summed E-state index contributed by atoms with van der Waals surface area (Å²) in [4.78, 5) is 72.9. The second kappa shape index (κ2) is 68.5. The van der Waals surface area contributed by atoms with Gasteiger partial charge in [0.2, 0.25) is 0 Å². The molecule has 0 fully saturated rings. The molecule has 3 N–H and O–H groups in total. The van der Waals surface area contributed by atoms with Gasteiger partial charge in [-0.25, -0.2) is 9.13 Å². The lowest BCUT2D eigenvalue weighted by molar-refractivity contribution is -0.161. The number of hydrogen-bond acceptors (Lipinski definition) is 15. The highest BCUT2D eigenvalue weighted by atomic mass is 31.2. The Labute approximate surface area is 594 Å². The van der Waals surface area contributed by atoms with E-state index in [4.69, 9.17) is 37.0 Å². The number of unbranched alkanes of at least 4 members (excludes halogenated alkanes) is 43. The number of carbonyl (C=O) groups excluding carboxylic acids is 4. The molecule has 576 valence electrons. The number of rotatable bonds is 76. The number of esters is 4. The van der Waals surface area contributed by atoms with Gasteiger partial charge in [-0.05, 0) is 43.4 Å². The minimum atomic E-state index is -4.96. The summed E-state index contributed by atoms with van der Waals surface area (Å²) < 4.78 is 68.6. The summed E-state index contributed by atoms with van der Waals surface area (Å²) in [6.07, 6.45) is 55.4. The van der Waals surface area contributed by atoms with Gasteiger partial charge >= 0.3 is 39.5 Å². The van der Waals surface area contributed by atoms with Gasteiger partial charge in [-0.1, -0.05) is 350 Å². The summed E-state index contributed by atoms with van der Waals surface area (Å²) in [5, 5.41) is 10.6. The summed E-state index contributed by atoms with van der Waals surface area (Å²) in [7, 11) is -9.92. The van der Waals surface area contributed by atoms with E-state index < -0.39 is 97.5 Å². The van der Waals surface area contributed by atoms with Crippen LogP contribution in [0.15, 0.2) is 0 Å². The molecule has 19 heteroatoms. The average molecular weight is 1420 g/mol. The van der Waals surface area contributed by atoms with Gasteiger partial charge < -0.3 is 33.8 Å². The zero-order chi connectivity index (χ0) is 71.6. The number of hydrogen-bond donors (Lipinski definition) is 3. The molecule has 0 amide bonds. The summed E-state index contributed by atoms with van der Waals surface area (Å²) in [5.41, 5.74) is 0. The molecule has 0 rings (SSSR count). The summed E-state index contributed by atoms with van der Waals surface area (Å²) in [6, 6.07) is 0. The van der Waals surface area contributed by atoms with Crippen LogP contribution in [0, 0.1) is 17.8 Å². The molecule has 0 aromatic rings. The van der Waals surface area contributed by atoms with Crippen LogP contribution in [0.5, 0.6) is 0 Å². The predicted molar refractivity (Wildman–Crippen MR) is 395 cm³/mol. The average Bonchev–Trinajstić information content (AvgIpc) is 2.20. The molecule has 0 aliphatic heterocycles. The van der Waals surface area contributed by atoms with Crippen LogP contribution in [0.3, 0.4) is 0 Å². The first-order chi connectivity index (χ1) is 46.8. The lowest BCUT2D eigenvalue weighted by atomic mass is 9.99. The molecular formula is C78H152O17P2. The molecule has 0 saturated carbocycles. The molecule has 0 bridgehead atoms. The zero-order valence-corrected chi connectivity index (χ0v) is 65.3. The maximum atomic E-state index is 13.1. The molecule has 0 radical (unpaired) electrons. The van der Waals surface area contributed by atoms with Crippen molar-refractivity contribution in [2.24, 2.45) is 17.8 Å². The normalized spacial score (nSPS) is 14.3. The lowest BCUT2D eigenvalue weighted by Crippen LogP contribution is -2.30. The fourth-order valence-corrected chi connectivity index (χ4v) is 13.5. The second-order valence-corrected chi connectivity index (χ2v) is 32.2. The molecule has 17 nitrogen and oxygen atoms in total. The highest BCUT2D eigenvalue weighted by molar-refractivity contribution is 7.47. The van der Waals surface area contributed by atoms with E-state index >= 15 is 0 Å². The van der Waals surface area contributed by atoms with Crippen LogP contribution < -0.4 is 0 Å². The van der Waals surface area contributed by atoms with Crippen molar-refractivity contribution in [3.8, 4) is 0 Å². The Morgan fingerprint density at radius 3 is 0.784 bits per heavy atom. The molecule has 0 saturated heterocycles. The molecule has 0 heterocycles. The standard InChI is InChI=1S/C78H152O17P2/c1-8-10-11-12-13-14-15-16-18-22-25-31-38-45-52-59-75(80)88-65-73(94-77(82)61-54-47-39-32-26-23-20-17-19-21-24-29-35-42-49-56-69(3)4)67-92-96(84,85)90-63-72(79)64-91-97(86,87)93-68-74(66-89-76(81)60-53-46-41-34-36-43-50-57-70(5)6)95-78(83)62-55-48-40-33-28-27-30-37-44-51-58-71(7)9-2/h69-74,79H,8-68H2,1-7H3,(H,84,85)(H,86,87)/t71?,72-,73-,74-/m1/s1. The van der Waals surface area contributed by atoms with E-state index in [0.717, 1.165) is 108 Å². The molecule has 0 aromatic carbocycles. The van der Waals surface area contributed by atoms with Crippen molar-refractivity contribution in [2.75, 3.05) is 39.6 Å². The Bertz CT molecular complexity index is 1890. The van der Waals surface area contributed by atoms with E-state index in [-0.39, 0.29) is 25.7 Å². The van der Waals surface area contributed by atoms with Gasteiger partial charge in [-0.2, -0.15) is 0 Å². The van der Waals surface area contributed by atoms with Crippen LogP contribution in [-0.2, 0) is 65.4 Å². The Balaban J connectivity index is 5.25. The zero-order valence-electron chi connectivity index (χ0n) is 63.5. The van der Waals surface area contributed by atoms with E-state index in [9.17, 15) is 43.2 Å². The predicted octanol–water partition coefficient (Wildman–Crippen LogP) is 23.0. The Morgan fingerprint density at radius 1 is 0.299 bits per heavy atom. The van der Waals surface area contributed by atoms with Gasteiger partial charge in [-0.15, -0.1) is 0 Å². The van der Waals surface area contributed by atoms with Gasteiger partial charge in [0.25, 0.3) is 0 Å². The van der Waals surface area contributed by atoms with E-state index in [2.05, 4.69) is 48.5 Å². The minimum absolute atomic E-state index is 0.105. The van der Waals surface area contributed by atoms with Crippen molar-refractivity contribution in [1.82, 2.24) is 0 Å². The van der Waals surface area contributed by atoms with Crippen molar-refractivity contribution in [3.05, 3.63) is 0 Å². The number of carbonyl (C=O) groups is 4. The quantitative estimate of drug-likeness (QED) is 0.0222. The van der Waals surface area contributed by atoms with E-state index in [1.54, 1.807) is 0 Å². The Kier molecular flexibility index (Phi) is 67.1. The van der Waals surface area contributed by atoms with Gasteiger partial charge in [0, 0.05) is 25.7 Å². The van der Waals surface area contributed by atoms with Gasteiger partial charge in [0.15, 0.2) is 12.2 Å². The first-order valence-electron chi connectivity index (χ1n) is 40.4. The molecule has 3 unspecified atom stereocenters. The summed E-state index contributed by atoms with van der Waals surface area (Å²) in [6.45, 7) is 11.9. The van der Waals surface area contributed by atoms with Gasteiger partial charge in [0.1, 0.15) is 19.3 Å². The van der Waals surface area contributed by atoms with Crippen molar-refractivity contribution in [1.29, 1.82) is 0 Å². The molecule has 0 aliphatic carbocycles. The number of aliphatic hydroxyl groups is 1. The third kappa shape index (κ3) is 70.9. The van der Waals surface area contributed by atoms with Crippen LogP contribution in [0.4, 0.5) is 0 Å². The van der Waals surface area contributed by atoms with Crippen LogP contribution in [-0.4, -0.2) is 96.7 Å². The number of phosphoric ester groups is 2. The molecule has 0 aliphatic rings. The van der Waals surface area contributed by atoms with Crippen molar-refractivity contribution >= 4 is 39.5 Å². The van der Waals surface area contributed by atoms with E-state index in [0.29, 0.717) is 31.6 Å². The fourth-order valence-electron chi connectivity index (χ4n) is 11.9. The number of phosphoric acid groups is 2. The third-order valence-corrected chi connectivity index (χ3v) is 20.4. The highest BCUT2D eigenvalue weighted by Crippen LogP contribution is 2.45. The second-order valence-electron chi connectivity index (χ2n) is 29.3. The topological polar surface area (TPSA) is 237 Å². The van der Waals surface area contributed by atoms with Crippen LogP contribution >= 0.6 is 15.6 Å². The van der Waals surface area contributed by atoms with Crippen LogP contribution in [0.2, 0.25) is 0 Å². The monoisotopic (exact) mass is 1420 g/mol. The molecule has 97 heavy (non-hydrogen) atoms. The van der Waals surface area contributed by atoms with E-state index in [1.807, 2.05) is 0 Å². The van der Waals surface area contributed by atoms with Crippen molar-refractivity contribution in [3.63, 3.8) is 0 Å². The highest BCUT2D eigenvalue weighted by Gasteiger charge is 2.30. The summed E-state index contributed by atoms with van der Waals surface area (Å²) in [5.74, 6) is 0.196. The first-order valence-corrected chi connectivity index (χ1v) is 43.4. The molecular weight excluding hydrogens is 1270 g/mol. The SMILES string of the molecule is CCCCCCCCCCCCCCCCCC(=O)OC[C@H](COP(=O)(O)OC[C@@H](O)COP(=O)(O)OC[C@@H](COC(=O)CCCCCCCCCC(C)C)OC(=O)CCCCCCCCCCCCC(C)CC)OC(=O)CCCCCCCCCCCCCCCCCC(C)C. The van der Waals surface area contributed by atoms with Crippen molar-refractivity contribution in [2.45, 2.75) is 420 Å². The van der Waals surface area contributed by atoms with Crippen LogP contribution in [0.1, 0.15) is 402 Å². The Morgan fingerprint density at radius 2 is 0.526 bits per heavy atom.